The van der Waals surface area contributed by atoms with Gasteiger partial charge in [0, 0.05) is 0 Å². The number of furan rings is 1. The molecule has 0 saturated heterocycles. The summed E-state index contributed by atoms with van der Waals surface area (Å²) in [5.74, 6) is 1.31. The number of carbonyl (C=O) groups excluding carboxylic acids is 1. The molecule has 0 bridgehead atoms. The zero-order valence-corrected chi connectivity index (χ0v) is 12.0. The predicted molar refractivity (Wildman–Crippen MR) is 76.0 cm³/mol. The van der Waals surface area contributed by atoms with Crippen LogP contribution in [0.5, 0.6) is 0 Å². The van der Waals surface area contributed by atoms with Gasteiger partial charge < -0.3 is 20.2 Å². The zero-order valence-electron chi connectivity index (χ0n) is 12.0. The molecular formula is C15H24N2O3. The number of nitrogens with one attached hydrogen (secondary N) is 2. The van der Waals surface area contributed by atoms with E-state index in [1.165, 1.54) is 0 Å². The second-order valence-electron chi connectivity index (χ2n) is 5.60. The minimum Gasteiger partial charge on any atom is -0.467 e. The third kappa shape index (κ3) is 4.65. The molecule has 5 heteroatoms. The van der Waals surface area contributed by atoms with Crippen LogP contribution in [-0.2, 0) is 11.3 Å². The Morgan fingerprint density at radius 2 is 2.20 bits per heavy atom. The number of aliphatic hydroxyl groups excluding tert-OH is 1. The Balaban J connectivity index is 1.63. The average Bonchev–Trinajstić information content (AvgIpc) is 2.97. The smallest absolute Gasteiger partial charge is 0.237 e. The lowest BCUT2D eigenvalue weighted by Crippen LogP contribution is -2.44. The SMILES string of the molecule is CC(NCC1CCC(O)CC1)C(=O)NCc1ccco1. The van der Waals surface area contributed by atoms with Crippen molar-refractivity contribution in [1.29, 1.82) is 0 Å². The van der Waals surface area contributed by atoms with Crippen molar-refractivity contribution in [3.63, 3.8) is 0 Å². The first-order chi connectivity index (χ1) is 9.65. The van der Waals surface area contributed by atoms with Crippen molar-refractivity contribution in [3.05, 3.63) is 24.2 Å². The van der Waals surface area contributed by atoms with E-state index in [2.05, 4.69) is 10.6 Å². The van der Waals surface area contributed by atoms with E-state index in [0.717, 1.165) is 38.0 Å². The van der Waals surface area contributed by atoms with Crippen LogP contribution in [0.15, 0.2) is 22.8 Å². The van der Waals surface area contributed by atoms with Gasteiger partial charge in [0.1, 0.15) is 5.76 Å². The van der Waals surface area contributed by atoms with E-state index >= 15 is 0 Å². The molecule has 0 radical (unpaired) electrons. The number of aliphatic hydroxyl groups is 1. The largest absolute Gasteiger partial charge is 0.467 e. The van der Waals surface area contributed by atoms with Gasteiger partial charge in [-0.05, 0) is 57.2 Å². The Labute approximate surface area is 119 Å². The molecule has 1 aliphatic carbocycles. The minimum atomic E-state index is -0.211. The zero-order chi connectivity index (χ0) is 14.4. The van der Waals surface area contributed by atoms with Crippen molar-refractivity contribution in [2.45, 2.75) is 51.3 Å². The molecule has 1 aliphatic rings. The summed E-state index contributed by atoms with van der Waals surface area (Å²) in [6.45, 7) is 3.13. The first kappa shape index (κ1) is 15.1. The summed E-state index contributed by atoms with van der Waals surface area (Å²) >= 11 is 0. The molecule has 0 spiro atoms. The van der Waals surface area contributed by atoms with Crippen molar-refractivity contribution in [2.75, 3.05) is 6.54 Å². The van der Waals surface area contributed by atoms with Gasteiger partial charge >= 0.3 is 0 Å². The summed E-state index contributed by atoms with van der Waals surface area (Å²) in [7, 11) is 0. The molecule has 112 valence electrons. The third-order valence-electron chi connectivity index (χ3n) is 3.94. The summed E-state index contributed by atoms with van der Waals surface area (Å²) in [5, 5.41) is 15.6. The highest BCUT2D eigenvalue weighted by Gasteiger charge is 2.20. The summed E-state index contributed by atoms with van der Waals surface area (Å²) < 4.78 is 5.17. The van der Waals surface area contributed by atoms with Crippen LogP contribution in [0.3, 0.4) is 0 Å². The van der Waals surface area contributed by atoms with Gasteiger partial charge in [0.25, 0.3) is 0 Å². The van der Waals surface area contributed by atoms with Crippen molar-refractivity contribution in [3.8, 4) is 0 Å². The first-order valence-corrected chi connectivity index (χ1v) is 7.36. The van der Waals surface area contributed by atoms with Crippen LogP contribution in [0.1, 0.15) is 38.4 Å². The fraction of sp³-hybridized carbons (Fsp3) is 0.667. The highest BCUT2D eigenvalue weighted by molar-refractivity contribution is 5.81. The molecule has 0 aliphatic heterocycles. The predicted octanol–water partition coefficient (Wildman–Crippen LogP) is 1.42. The highest BCUT2D eigenvalue weighted by Crippen LogP contribution is 2.23. The van der Waals surface area contributed by atoms with Gasteiger partial charge in [-0.3, -0.25) is 4.79 Å². The van der Waals surface area contributed by atoms with E-state index < -0.39 is 0 Å². The van der Waals surface area contributed by atoms with Crippen LogP contribution in [-0.4, -0.2) is 29.7 Å². The van der Waals surface area contributed by atoms with Crippen LogP contribution < -0.4 is 10.6 Å². The Morgan fingerprint density at radius 1 is 1.45 bits per heavy atom. The number of carbonyl (C=O) groups is 1. The number of rotatable bonds is 6. The molecule has 2 rings (SSSR count). The molecule has 1 aromatic heterocycles. The molecule has 1 saturated carbocycles. The van der Waals surface area contributed by atoms with Gasteiger partial charge in [0.15, 0.2) is 0 Å². The van der Waals surface area contributed by atoms with Crippen molar-refractivity contribution in [2.24, 2.45) is 5.92 Å². The Hall–Kier alpha value is -1.33. The fourth-order valence-electron chi connectivity index (χ4n) is 2.53. The van der Waals surface area contributed by atoms with E-state index in [1.807, 2.05) is 13.0 Å². The lowest BCUT2D eigenvalue weighted by Gasteiger charge is -2.26. The van der Waals surface area contributed by atoms with E-state index in [-0.39, 0.29) is 18.1 Å². The Kier molecular flexibility index (Phi) is 5.61. The quantitative estimate of drug-likeness (QED) is 0.737. The van der Waals surface area contributed by atoms with E-state index in [4.69, 9.17) is 4.42 Å². The normalized spacial score (nSPS) is 24.3. The lowest BCUT2D eigenvalue weighted by molar-refractivity contribution is -0.123. The van der Waals surface area contributed by atoms with Crippen LogP contribution in [0.2, 0.25) is 0 Å². The number of amides is 1. The molecule has 3 N–H and O–H groups in total. The standard InChI is InChI=1S/C15H24N2O3/c1-11(15(19)17-10-14-3-2-8-20-14)16-9-12-4-6-13(18)7-5-12/h2-3,8,11-13,16,18H,4-7,9-10H2,1H3,(H,17,19). The van der Waals surface area contributed by atoms with Gasteiger partial charge in [-0.15, -0.1) is 0 Å². The van der Waals surface area contributed by atoms with Gasteiger partial charge in [-0.1, -0.05) is 0 Å². The minimum absolute atomic E-state index is 0.0164. The molecule has 1 fully saturated rings. The van der Waals surface area contributed by atoms with Crippen LogP contribution in [0.4, 0.5) is 0 Å². The van der Waals surface area contributed by atoms with Gasteiger partial charge in [0.05, 0.1) is 25.0 Å². The topological polar surface area (TPSA) is 74.5 Å². The summed E-state index contributed by atoms with van der Waals surface area (Å²) in [5.41, 5.74) is 0. The molecule has 1 unspecified atom stereocenters. The Bertz CT molecular complexity index is 397. The van der Waals surface area contributed by atoms with Crippen LogP contribution in [0, 0.1) is 5.92 Å². The summed E-state index contributed by atoms with van der Waals surface area (Å²) in [4.78, 5) is 11.9. The maximum Gasteiger partial charge on any atom is 0.237 e. The first-order valence-electron chi connectivity index (χ1n) is 7.36. The second kappa shape index (κ2) is 7.45. The molecular weight excluding hydrogens is 256 g/mol. The summed E-state index contributed by atoms with van der Waals surface area (Å²) in [6, 6.07) is 3.43. The van der Waals surface area contributed by atoms with Crippen molar-refractivity contribution >= 4 is 5.91 Å². The molecule has 1 heterocycles. The molecule has 1 amide bonds. The second-order valence-corrected chi connectivity index (χ2v) is 5.60. The molecule has 20 heavy (non-hydrogen) atoms. The maximum atomic E-state index is 11.9. The summed E-state index contributed by atoms with van der Waals surface area (Å²) in [6.07, 6.45) is 5.31. The van der Waals surface area contributed by atoms with Gasteiger partial charge in [0.2, 0.25) is 5.91 Å². The van der Waals surface area contributed by atoms with Gasteiger partial charge in [-0.2, -0.15) is 0 Å². The average molecular weight is 280 g/mol. The van der Waals surface area contributed by atoms with Crippen LogP contribution >= 0.6 is 0 Å². The van der Waals surface area contributed by atoms with Crippen molar-refractivity contribution in [1.82, 2.24) is 10.6 Å². The van der Waals surface area contributed by atoms with Crippen molar-refractivity contribution < 1.29 is 14.3 Å². The number of hydrogen-bond acceptors (Lipinski definition) is 4. The molecule has 5 nitrogen and oxygen atoms in total. The lowest BCUT2D eigenvalue weighted by atomic mass is 9.87. The van der Waals surface area contributed by atoms with E-state index in [1.54, 1.807) is 12.3 Å². The monoisotopic (exact) mass is 280 g/mol. The molecule has 0 aromatic carbocycles. The maximum absolute atomic E-state index is 11.9. The molecule has 1 aromatic rings. The Morgan fingerprint density at radius 3 is 2.85 bits per heavy atom. The fourth-order valence-corrected chi connectivity index (χ4v) is 2.53. The van der Waals surface area contributed by atoms with Gasteiger partial charge in [-0.25, -0.2) is 0 Å². The number of hydrogen-bond donors (Lipinski definition) is 3. The molecule has 1 atom stereocenters. The third-order valence-corrected chi connectivity index (χ3v) is 3.94. The van der Waals surface area contributed by atoms with E-state index in [9.17, 15) is 9.90 Å². The van der Waals surface area contributed by atoms with Crippen LogP contribution in [0.25, 0.3) is 0 Å². The van der Waals surface area contributed by atoms with E-state index in [0.29, 0.717) is 12.5 Å². The highest BCUT2D eigenvalue weighted by atomic mass is 16.3.